The molecule has 0 unspecified atom stereocenters. The molecule has 116 valence electrons. The van der Waals surface area contributed by atoms with Crippen LogP contribution in [0.15, 0.2) is 60.7 Å². The van der Waals surface area contributed by atoms with Gasteiger partial charge in [-0.1, -0.05) is 60.7 Å². The second kappa shape index (κ2) is 7.61. The molecule has 0 aliphatic carbocycles. The van der Waals surface area contributed by atoms with Crippen LogP contribution in [0.5, 0.6) is 0 Å². The molecule has 4 nitrogen and oxygen atoms in total. The zero-order valence-corrected chi connectivity index (χ0v) is 12.8. The molecule has 0 aliphatic heterocycles. The third-order valence-corrected chi connectivity index (χ3v) is 3.70. The highest BCUT2D eigenvalue weighted by Crippen LogP contribution is 2.20. The van der Waals surface area contributed by atoms with E-state index in [2.05, 4.69) is 0 Å². The van der Waals surface area contributed by atoms with Crippen LogP contribution in [-0.2, 0) is 11.3 Å². The predicted molar refractivity (Wildman–Crippen MR) is 85.3 cm³/mol. The van der Waals surface area contributed by atoms with Crippen LogP contribution in [0.2, 0.25) is 0 Å². The monoisotopic (exact) mass is 299 g/mol. The smallest absolute Gasteiger partial charge is 0.410 e. The van der Waals surface area contributed by atoms with E-state index in [4.69, 9.17) is 4.74 Å². The lowest BCUT2D eigenvalue weighted by atomic mass is 10.0. The number of aliphatic hydroxyl groups excluding tert-OH is 1. The third-order valence-electron chi connectivity index (χ3n) is 3.70. The van der Waals surface area contributed by atoms with Crippen LogP contribution < -0.4 is 0 Å². The molecule has 22 heavy (non-hydrogen) atoms. The fourth-order valence-corrected chi connectivity index (χ4v) is 2.13. The maximum atomic E-state index is 12.1. The first-order chi connectivity index (χ1) is 10.6. The van der Waals surface area contributed by atoms with Gasteiger partial charge in [-0.3, -0.25) is 0 Å². The Bertz CT molecular complexity index is 586. The van der Waals surface area contributed by atoms with Gasteiger partial charge >= 0.3 is 6.09 Å². The first-order valence-electron chi connectivity index (χ1n) is 7.26. The number of hydrogen-bond acceptors (Lipinski definition) is 3. The Balaban J connectivity index is 1.92. The number of carbonyl (C=O) groups is 1. The molecular formula is C18H21NO3. The second-order valence-corrected chi connectivity index (χ2v) is 5.25. The molecule has 2 aromatic carbocycles. The second-order valence-electron chi connectivity index (χ2n) is 5.25. The Morgan fingerprint density at radius 2 is 1.64 bits per heavy atom. The summed E-state index contributed by atoms with van der Waals surface area (Å²) in [5, 5.41) is 10.3. The minimum atomic E-state index is -0.754. The van der Waals surface area contributed by atoms with Crippen molar-refractivity contribution < 1.29 is 14.6 Å². The van der Waals surface area contributed by atoms with E-state index in [1.807, 2.05) is 60.7 Å². The fourth-order valence-electron chi connectivity index (χ4n) is 2.13. The van der Waals surface area contributed by atoms with Gasteiger partial charge in [0.2, 0.25) is 0 Å². The zero-order valence-electron chi connectivity index (χ0n) is 12.8. The SMILES string of the molecule is C[C@@H]([C@@H](O)c1ccccc1)N(C)C(=O)OCc1ccccc1. The van der Waals surface area contributed by atoms with Gasteiger partial charge in [-0.15, -0.1) is 0 Å². The first-order valence-corrected chi connectivity index (χ1v) is 7.26. The van der Waals surface area contributed by atoms with Crippen LogP contribution in [0.3, 0.4) is 0 Å². The van der Waals surface area contributed by atoms with E-state index < -0.39 is 12.2 Å². The van der Waals surface area contributed by atoms with Crippen molar-refractivity contribution in [2.45, 2.75) is 25.7 Å². The molecule has 2 aromatic rings. The van der Waals surface area contributed by atoms with Crippen LogP contribution >= 0.6 is 0 Å². The Labute approximate surface area is 131 Å². The van der Waals surface area contributed by atoms with Gasteiger partial charge in [0.05, 0.1) is 12.1 Å². The molecule has 0 aromatic heterocycles. The number of aliphatic hydroxyl groups is 1. The van der Waals surface area contributed by atoms with E-state index in [0.717, 1.165) is 11.1 Å². The molecule has 0 saturated carbocycles. The summed E-state index contributed by atoms with van der Waals surface area (Å²) in [6.45, 7) is 2.01. The summed E-state index contributed by atoms with van der Waals surface area (Å²) in [6.07, 6.45) is -1.21. The van der Waals surface area contributed by atoms with E-state index in [9.17, 15) is 9.90 Å². The number of amides is 1. The van der Waals surface area contributed by atoms with Crippen molar-refractivity contribution in [1.29, 1.82) is 0 Å². The summed E-state index contributed by atoms with van der Waals surface area (Å²) in [6, 6.07) is 18.4. The number of benzene rings is 2. The minimum Gasteiger partial charge on any atom is -0.445 e. The number of likely N-dealkylation sites (N-methyl/N-ethyl adjacent to an activating group) is 1. The topological polar surface area (TPSA) is 49.8 Å². The number of ether oxygens (including phenoxy) is 1. The van der Waals surface area contributed by atoms with Gasteiger partial charge in [0, 0.05) is 7.05 Å². The molecule has 2 atom stereocenters. The predicted octanol–water partition coefficient (Wildman–Crippen LogP) is 3.38. The first kappa shape index (κ1) is 16.0. The van der Waals surface area contributed by atoms with Crippen molar-refractivity contribution in [3.05, 3.63) is 71.8 Å². The molecule has 4 heteroatoms. The normalized spacial score (nSPS) is 13.2. The van der Waals surface area contributed by atoms with Crippen LogP contribution in [0.1, 0.15) is 24.2 Å². The Morgan fingerprint density at radius 1 is 1.09 bits per heavy atom. The number of hydrogen-bond donors (Lipinski definition) is 1. The number of nitrogens with zero attached hydrogens (tertiary/aromatic N) is 1. The van der Waals surface area contributed by atoms with Crippen molar-refractivity contribution in [2.24, 2.45) is 0 Å². The number of rotatable bonds is 5. The van der Waals surface area contributed by atoms with Crippen molar-refractivity contribution >= 4 is 6.09 Å². The molecule has 1 N–H and O–H groups in total. The molecule has 0 fully saturated rings. The Hall–Kier alpha value is -2.33. The van der Waals surface area contributed by atoms with Crippen molar-refractivity contribution in [2.75, 3.05) is 7.05 Å². The van der Waals surface area contributed by atoms with Gasteiger partial charge < -0.3 is 14.7 Å². The molecule has 1 amide bonds. The quantitative estimate of drug-likeness (QED) is 0.921. The van der Waals surface area contributed by atoms with E-state index >= 15 is 0 Å². The van der Waals surface area contributed by atoms with Gasteiger partial charge in [-0.2, -0.15) is 0 Å². The van der Waals surface area contributed by atoms with Crippen molar-refractivity contribution in [1.82, 2.24) is 4.90 Å². The summed E-state index contributed by atoms with van der Waals surface area (Å²) in [5.41, 5.74) is 1.71. The summed E-state index contributed by atoms with van der Waals surface area (Å²) in [5.74, 6) is 0. The maximum Gasteiger partial charge on any atom is 0.410 e. The molecule has 0 heterocycles. The van der Waals surface area contributed by atoms with Gasteiger partial charge in [-0.25, -0.2) is 4.79 Å². The lowest BCUT2D eigenvalue weighted by Crippen LogP contribution is -2.39. The fraction of sp³-hybridized carbons (Fsp3) is 0.278. The minimum absolute atomic E-state index is 0.220. The highest BCUT2D eigenvalue weighted by Gasteiger charge is 2.24. The van der Waals surface area contributed by atoms with Gasteiger partial charge in [0.1, 0.15) is 6.61 Å². The average Bonchev–Trinajstić information content (AvgIpc) is 2.59. The van der Waals surface area contributed by atoms with Crippen LogP contribution in [0.25, 0.3) is 0 Å². The van der Waals surface area contributed by atoms with Crippen molar-refractivity contribution in [3.8, 4) is 0 Å². The Morgan fingerprint density at radius 3 is 2.23 bits per heavy atom. The Kier molecular flexibility index (Phi) is 5.55. The lowest BCUT2D eigenvalue weighted by Gasteiger charge is -2.28. The highest BCUT2D eigenvalue weighted by molar-refractivity contribution is 5.67. The van der Waals surface area contributed by atoms with Gasteiger partial charge in [-0.05, 0) is 18.1 Å². The van der Waals surface area contributed by atoms with E-state index in [0.29, 0.717) is 0 Å². The summed E-state index contributed by atoms with van der Waals surface area (Å²) >= 11 is 0. The molecule has 0 aliphatic rings. The van der Waals surface area contributed by atoms with Crippen molar-refractivity contribution in [3.63, 3.8) is 0 Å². The molecule has 0 radical (unpaired) electrons. The standard InChI is InChI=1S/C18H21NO3/c1-14(17(20)16-11-7-4-8-12-16)19(2)18(21)22-13-15-9-5-3-6-10-15/h3-12,14,17,20H,13H2,1-2H3/t14-,17+/m0/s1. The summed E-state index contributed by atoms with van der Waals surface area (Å²) in [4.78, 5) is 13.5. The van der Waals surface area contributed by atoms with E-state index in [1.54, 1.807) is 14.0 Å². The van der Waals surface area contributed by atoms with Gasteiger partial charge in [0.25, 0.3) is 0 Å². The van der Waals surface area contributed by atoms with Gasteiger partial charge in [0.15, 0.2) is 0 Å². The molecule has 0 bridgehead atoms. The zero-order chi connectivity index (χ0) is 15.9. The summed E-state index contributed by atoms with van der Waals surface area (Å²) < 4.78 is 5.27. The molecule has 2 rings (SSSR count). The lowest BCUT2D eigenvalue weighted by molar-refractivity contribution is 0.0478. The van der Waals surface area contributed by atoms with Crippen LogP contribution in [-0.4, -0.2) is 29.2 Å². The van der Waals surface area contributed by atoms with E-state index in [-0.39, 0.29) is 12.6 Å². The highest BCUT2D eigenvalue weighted by atomic mass is 16.6. The number of carbonyl (C=O) groups excluding carboxylic acids is 1. The van der Waals surface area contributed by atoms with Crippen LogP contribution in [0, 0.1) is 0 Å². The third kappa shape index (κ3) is 4.09. The molecular weight excluding hydrogens is 278 g/mol. The largest absolute Gasteiger partial charge is 0.445 e. The summed E-state index contributed by atoms with van der Waals surface area (Å²) in [7, 11) is 1.63. The van der Waals surface area contributed by atoms with E-state index in [1.165, 1.54) is 4.90 Å². The molecule has 0 spiro atoms. The average molecular weight is 299 g/mol. The maximum absolute atomic E-state index is 12.1. The molecule has 0 saturated heterocycles. The van der Waals surface area contributed by atoms with Crippen LogP contribution in [0.4, 0.5) is 4.79 Å².